The van der Waals surface area contributed by atoms with Gasteiger partial charge in [0.25, 0.3) is 0 Å². The van der Waals surface area contributed by atoms with Crippen LogP contribution < -0.4 is 9.47 Å². The van der Waals surface area contributed by atoms with Gasteiger partial charge in [0.1, 0.15) is 11.5 Å². The first-order chi connectivity index (χ1) is 17.9. The zero-order chi connectivity index (χ0) is 28.1. The Hall–Kier alpha value is -1.00. The van der Waals surface area contributed by atoms with Gasteiger partial charge in [0.05, 0.1) is 23.9 Å². The largest absolute Gasteiger partial charge is 0.496 e. The van der Waals surface area contributed by atoms with E-state index in [-0.39, 0.29) is 20.5 Å². The maximum Gasteiger partial charge on any atom is 0.126 e. The van der Waals surface area contributed by atoms with Crippen LogP contribution in [0.4, 0.5) is 0 Å². The molecule has 4 bridgehead atoms. The average molecular weight is 651 g/mol. The van der Waals surface area contributed by atoms with Gasteiger partial charge in [0.2, 0.25) is 0 Å². The first-order valence-electron chi connectivity index (χ1n) is 14.6. The maximum atomic E-state index is 6.15. The van der Waals surface area contributed by atoms with E-state index in [1.54, 1.807) is 0 Å². The van der Waals surface area contributed by atoms with Crippen molar-refractivity contribution in [3.05, 3.63) is 57.6 Å². The standard InChI is InChI=1S/C34H50Br2O2/c1-33(2,3)25-19-23-17-15-13-11-9-10-12-14-16-18-24-20-26(34(4,5)6)22-28(32(24)38-8)30(36)29(35)27(21-25)31(23)37-7/h19-22,29-30H,9-18H2,1-8H3/t29-,30-/m1/s1. The smallest absolute Gasteiger partial charge is 0.126 e. The van der Waals surface area contributed by atoms with Crippen molar-refractivity contribution in [3.8, 4) is 11.5 Å². The molecule has 2 nitrogen and oxygen atoms in total. The zero-order valence-corrected chi connectivity index (χ0v) is 28.3. The van der Waals surface area contributed by atoms with Gasteiger partial charge in [-0.15, -0.1) is 0 Å². The van der Waals surface area contributed by atoms with Crippen LogP contribution in [0.5, 0.6) is 11.5 Å². The summed E-state index contributed by atoms with van der Waals surface area (Å²) in [6, 6.07) is 9.50. The number of benzene rings is 2. The molecule has 0 fully saturated rings. The highest BCUT2D eigenvalue weighted by molar-refractivity contribution is 9.12. The third kappa shape index (κ3) is 7.80. The number of halogens is 2. The van der Waals surface area contributed by atoms with Gasteiger partial charge in [-0.05, 0) is 58.8 Å². The molecule has 0 aromatic heterocycles. The van der Waals surface area contributed by atoms with Crippen molar-refractivity contribution < 1.29 is 9.47 Å². The van der Waals surface area contributed by atoms with Crippen LogP contribution in [0.25, 0.3) is 0 Å². The molecule has 0 saturated carbocycles. The van der Waals surface area contributed by atoms with E-state index in [2.05, 4.69) is 97.7 Å². The van der Waals surface area contributed by atoms with Crippen LogP contribution in [0, 0.1) is 0 Å². The zero-order valence-electron chi connectivity index (χ0n) is 25.1. The molecule has 1 aliphatic rings. The number of hydrogen-bond acceptors (Lipinski definition) is 2. The third-order valence-electron chi connectivity index (χ3n) is 8.02. The highest BCUT2D eigenvalue weighted by Crippen LogP contribution is 2.51. The topological polar surface area (TPSA) is 18.5 Å². The molecule has 2 atom stereocenters. The highest BCUT2D eigenvalue weighted by atomic mass is 79.9. The van der Waals surface area contributed by atoms with Gasteiger partial charge in [-0.3, -0.25) is 0 Å². The molecule has 4 heteroatoms. The number of methoxy groups -OCH3 is 2. The van der Waals surface area contributed by atoms with Gasteiger partial charge < -0.3 is 9.47 Å². The predicted molar refractivity (Wildman–Crippen MR) is 171 cm³/mol. The summed E-state index contributed by atoms with van der Waals surface area (Å²) in [5.74, 6) is 2.05. The van der Waals surface area contributed by atoms with Gasteiger partial charge in [-0.1, -0.05) is 136 Å². The van der Waals surface area contributed by atoms with Crippen LogP contribution in [0.15, 0.2) is 24.3 Å². The molecule has 0 radical (unpaired) electrons. The summed E-state index contributed by atoms with van der Waals surface area (Å²) in [4.78, 5) is 0.0451. The van der Waals surface area contributed by atoms with Crippen LogP contribution in [-0.2, 0) is 23.7 Å². The summed E-state index contributed by atoms with van der Waals surface area (Å²) in [6.07, 6.45) is 12.4. The minimum Gasteiger partial charge on any atom is -0.496 e. The number of rotatable bonds is 2. The van der Waals surface area contributed by atoms with E-state index in [4.69, 9.17) is 9.47 Å². The van der Waals surface area contributed by atoms with Crippen molar-refractivity contribution in [2.75, 3.05) is 14.2 Å². The molecule has 0 amide bonds. The minimum atomic E-state index is 0.0225. The quantitative estimate of drug-likeness (QED) is 0.301. The van der Waals surface area contributed by atoms with E-state index in [0.717, 1.165) is 24.3 Å². The normalized spacial score (nSPS) is 20.4. The van der Waals surface area contributed by atoms with Gasteiger partial charge in [0, 0.05) is 11.1 Å². The van der Waals surface area contributed by atoms with E-state index in [1.807, 2.05) is 14.2 Å². The molecule has 3 rings (SSSR count). The average Bonchev–Trinajstić information content (AvgIpc) is 2.86. The predicted octanol–water partition coefficient (Wildman–Crippen LogP) is 11.1. The van der Waals surface area contributed by atoms with Crippen molar-refractivity contribution in [2.24, 2.45) is 0 Å². The fourth-order valence-electron chi connectivity index (χ4n) is 5.58. The fourth-order valence-corrected chi connectivity index (χ4v) is 6.83. The van der Waals surface area contributed by atoms with E-state index in [0.29, 0.717) is 0 Å². The monoisotopic (exact) mass is 648 g/mol. The lowest BCUT2D eigenvalue weighted by Crippen LogP contribution is -2.16. The van der Waals surface area contributed by atoms with E-state index < -0.39 is 0 Å². The molecule has 0 N–H and O–H groups in total. The molecule has 38 heavy (non-hydrogen) atoms. The van der Waals surface area contributed by atoms with Crippen molar-refractivity contribution in [3.63, 3.8) is 0 Å². The number of fused-ring (bicyclic) bond motifs is 4. The molecule has 0 unspecified atom stereocenters. The SMILES string of the molecule is COc1c2cc(C(C)(C)C)cc1[C@@H](Br)[C@H](Br)c1cc(C(C)(C)C)cc(c1OC)CCCCCCCCCC2. The second-order valence-electron chi connectivity index (χ2n) is 13.1. The Kier molecular flexibility index (Phi) is 11.3. The lowest BCUT2D eigenvalue weighted by Gasteiger charge is -2.29. The summed E-state index contributed by atoms with van der Waals surface area (Å²) in [5.41, 5.74) is 7.91. The Balaban J connectivity index is 2.21. The first-order valence-corrected chi connectivity index (χ1v) is 16.4. The highest BCUT2D eigenvalue weighted by Gasteiger charge is 2.31. The Morgan fingerprint density at radius 3 is 1.16 bits per heavy atom. The lowest BCUT2D eigenvalue weighted by atomic mass is 9.82. The molecule has 0 saturated heterocycles. The molecule has 0 spiro atoms. The van der Waals surface area contributed by atoms with Crippen LogP contribution in [0.2, 0.25) is 0 Å². The maximum absolute atomic E-state index is 6.15. The lowest BCUT2D eigenvalue weighted by molar-refractivity contribution is 0.398. The molecular formula is C34H50Br2O2. The Bertz CT molecular complexity index is 976. The van der Waals surface area contributed by atoms with E-state index in [9.17, 15) is 0 Å². The Morgan fingerprint density at radius 1 is 0.553 bits per heavy atom. The third-order valence-corrected chi connectivity index (χ3v) is 10.8. The molecule has 1 aliphatic carbocycles. The fraction of sp³-hybridized carbons (Fsp3) is 0.647. The number of hydrogen-bond donors (Lipinski definition) is 0. The molecule has 0 aliphatic heterocycles. The summed E-state index contributed by atoms with van der Waals surface area (Å²) < 4.78 is 12.3. The number of ether oxygens (including phenoxy) is 2. The summed E-state index contributed by atoms with van der Waals surface area (Å²) in [6.45, 7) is 13.8. The van der Waals surface area contributed by atoms with Crippen molar-refractivity contribution >= 4 is 31.9 Å². The van der Waals surface area contributed by atoms with Crippen LogP contribution in [-0.4, -0.2) is 14.2 Å². The summed E-state index contributed by atoms with van der Waals surface area (Å²) in [5, 5.41) is 0. The molecule has 2 aromatic carbocycles. The second kappa shape index (κ2) is 13.6. The van der Waals surface area contributed by atoms with Gasteiger partial charge in [-0.25, -0.2) is 0 Å². The Morgan fingerprint density at radius 2 is 0.868 bits per heavy atom. The van der Waals surface area contributed by atoms with Crippen molar-refractivity contribution in [1.82, 2.24) is 0 Å². The summed E-state index contributed by atoms with van der Waals surface area (Å²) >= 11 is 8.30. The molecule has 2 aromatic rings. The van der Waals surface area contributed by atoms with Gasteiger partial charge in [0.15, 0.2) is 0 Å². The Labute approximate surface area is 249 Å². The van der Waals surface area contributed by atoms with E-state index >= 15 is 0 Å². The number of alkyl halides is 2. The van der Waals surface area contributed by atoms with Gasteiger partial charge >= 0.3 is 0 Å². The van der Waals surface area contributed by atoms with Crippen molar-refractivity contribution in [1.29, 1.82) is 0 Å². The van der Waals surface area contributed by atoms with E-state index in [1.165, 1.54) is 84.7 Å². The summed E-state index contributed by atoms with van der Waals surface area (Å²) in [7, 11) is 3.65. The van der Waals surface area contributed by atoms with Crippen LogP contribution in [0.1, 0.15) is 136 Å². The molecule has 212 valence electrons. The van der Waals surface area contributed by atoms with Gasteiger partial charge in [-0.2, -0.15) is 0 Å². The van der Waals surface area contributed by atoms with Crippen molar-refractivity contribution in [2.45, 2.75) is 126 Å². The second-order valence-corrected chi connectivity index (χ2v) is 15.1. The molecular weight excluding hydrogens is 600 g/mol. The number of aryl methyl sites for hydroxylation is 2. The first kappa shape index (κ1) is 31.5. The molecule has 0 heterocycles. The van der Waals surface area contributed by atoms with Crippen LogP contribution >= 0.6 is 31.9 Å². The van der Waals surface area contributed by atoms with Crippen LogP contribution in [0.3, 0.4) is 0 Å². The minimum absolute atomic E-state index is 0.0225.